The Kier molecular flexibility index (Phi) is 7.36. The highest BCUT2D eigenvalue weighted by Crippen LogP contribution is 2.24. The van der Waals surface area contributed by atoms with Crippen LogP contribution >= 0.6 is 0 Å². The Balaban J connectivity index is 1.63. The van der Waals surface area contributed by atoms with E-state index in [1.165, 1.54) is 16.8 Å². The first-order valence-corrected chi connectivity index (χ1v) is 10.6. The Morgan fingerprint density at radius 3 is 2.66 bits per heavy atom. The van der Waals surface area contributed by atoms with Gasteiger partial charge in [0.1, 0.15) is 6.54 Å². The van der Waals surface area contributed by atoms with Gasteiger partial charge in [-0.25, -0.2) is 4.99 Å². The van der Waals surface area contributed by atoms with Crippen LogP contribution in [0.2, 0.25) is 0 Å². The molecule has 1 unspecified atom stereocenters. The standard InChI is InChI=1S/C22H35N5O2/c1-17-7-5-9-20(18(17)2)26-10-12-27(13-11-26)22(24-16-21(28)25(3)4)23-15-19-8-6-14-29-19/h5,7,9,19H,6,8,10-16H2,1-4H3,(H,23,24). The van der Waals surface area contributed by atoms with Crippen LogP contribution in [0.1, 0.15) is 24.0 Å². The summed E-state index contributed by atoms with van der Waals surface area (Å²) in [6, 6.07) is 6.50. The zero-order valence-electron chi connectivity index (χ0n) is 18.3. The number of carbonyl (C=O) groups is 1. The van der Waals surface area contributed by atoms with Crippen molar-refractivity contribution in [3.8, 4) is 0 Å². The van der Waals surface area contributed by atoms with Crippen LogP contribution in [0.3, 0.4) is 0 Å². The number of rotatable bonds is 5. The van der Waals surface area contributed by atoms with Crippen molar-refractivity contribution in [3.63, 3.8) is 0 Å². The van der Waals surface area contributed by atoms with Gasteiger partial charge >= 0.3 is 0 Å². The number of piperazine rings is 1. The summed E-state index contributed by atoms with van der Waals surface area (Å²) in [6.45, 7) is 9.73. The van der Waals surface area contributed by atoms with E-state index in [4.69, 9.17) is 4.74 Å². The van der Waals surface area contributed by atoms with Gasteiger partial charge < -0.3 is 24.8 Å². The Bertz CT molecular complexity index is 720. The Hall–Kier alpha value is -2.28. The third kappa shape index (κ3) is 5.63. The quantitative estimate of drug-likeness (QED) is 0.600. The van der Waals surface area contributed by atoms with Gasteiger partial charge in [0.15, 0.2) is 5.96 Å². The van der Waals surface area contributed by atoms with E-state index in [0.29, 0.717) is 0 Å². The molecule has 7 heteroatoms. The van der Waals surface area contributed by atoms with Gasteiger partial charge in [0.05, 0.1) is 6.10 Å². The molecule has 3 rings (SSSR count). The minimum absolute atomic E-state index is 0.00966. The molecular formula is C22H35N5O2. The molecule has 160 valence electrons. The molecule has 2 saturated heterocycles. The number of ether oxygens (including phenoxy) is 1. The molecule has 7 nitrogen and oxygen atoms in total. The molecule has 1 amide bonds. The normalized spacial score (nSPS) is 20.1. The van der Waals surface area contributed by atoms with Crippen molar-refractivity contribution in [2.24, 2.45) is 4.99 Å². The van der Waals surface area contributed by atoms with E-state index in [1.54, 1.807) is 19.0 Å². The molecule has 29 heavy (non-hydrogen) atoms. The van der Waals surface area contributed by atoms with Crippen LogP contribution in [-0.4, -0.2) is 87.7 Å². The molecule has 2 fully saturated rings. The van der Waals surface area contributed by atoms with Crippen molar-refractivity contribution in [3.05, 3.63) is 29.3 Å². The smallest absolute Gasteiger partial charge is 0.243 e. The number of hydrogen-bond donors (Lipinski definition) is 1. The minimum Gasteiger partial charge on any atom is -0.376 e. The summed E-state index contributed by atoms with van der Waals surface area (Å²) in [6.07, 6.45) is 2.44. The van der Waals surface area contributed by atoms with E-state index >= 15 is 0 Å². The highest BCUT2D eigenvalue weighted by Gasteiger charge is 2.23. The number of guanidine groups is 1. The van der Waals surface area contributed by atoms with E-state index < -0.39 is 0 Å². The highest BCUT2D eigenvalue weighted by molar-refractivity contribution is 5.85. The zero-order chi connectivity index (χ0) is 20.8. The average Bonchev–Trinajstić information content (AvgIpc) is 3.24. The largest absolute Gasteiger partial charge is 0.376 e. The lowest BCUT2D eigenvalue weighted by Crippen LogP contribution is -2.53. The fourth-order valence-corrected chi connectivity index (χ4v) is 3.80. The topological polar surface area (TPSA) is 60.4 Å². The SMILES string of the molecule is Cc1cccc(N2CCN(C(=NCC(=O)N(C)C)NCC3CCCO3)CC2)c1C. The molecule has 0 spiro atoms. The monoisotopic (exact) mass is 401 g/mol. The van der Waals surface area contributed by atoms with E-state index in [2.05, 4.69) is 52.2 Å². The fraction of sp³-hybridized carbons (Fsp3) is 0.636. The number of anilines is 1. The van der Waals surface area contributed by atoms with Gasteiger partial charge in [-0.2, -0.15) is 0 Å². The van der Waals surface area contributed by atoms with Crippen molar-refractivity contribution in [2.75, 3.05) is 64.9 Å². The van der Waals surface area contributed by atoms with E-state index in [-0.39, 0.29) is 18.6 Å². The van der Waals surface area contributed by atoms with Crippen LogP contribution in [0.5, 0.6) is 0 Å². The van der Waals surface area contributed by atoms with Crippen LogP contribution in [0, 0.1) is 13.8 Å². The van der Waals surface area contributed by atoms with E-state index in [0.717, 1.165) is 58.1 Å². The first-order chi connectivity index (χ1) is 14.0. The third-order valence-corrected chi connectivity index (χ3v) is 5.87. The number of nitrogens with one attached hydrogen (secondary N) is 1. The molecule has 1 aromatic rings. The maximum Gasteiger partial charge on any atom is 0.243 e. The summed E-state index contributed by atoms with van der Waals surface area (Å²) in [5.41, 5.74) is 3.99. The van der Waals surface area contributed by atoms with Crippen molar-refractivity contribution < 1.29 is 9.53 Å². The number of aliphatic imine (C=N–C) groups is 1. The summed E-state index contributed by atoms with van der Waals surface area (Å²) in [7, 11) is 3.53. The lowest BCUT2D eigenvalue weighted by atomic mass is 10.1. The second-order valence-electron chi connectivity index (χ2n) is 8.14. The lowest BCUT2D eigenvalue weighted by molar-refractivity contribution is -0.127. The lowest BCUT2D eigenvalue weighted by Gasteiger charge is -2.38. The Labute approximate surface area is 174 Å². The van der Waals surface area contributed by atoms with Crippen molar-refractivity contribution in [1.82, 2.24) is 15.1 Å². The van der Waals surface area contributed by atoms with E-state index in [1.807, 2.05) is 0 Å². The molecule has 0 saturated carbocycles. The highest BCUT2D eigenvalue weighted by atomic mass is 16.5. The predicted molar refractivity (Wildman–Crippen MR) is 118 cm³/mol. The van der Waals surface area contributed by atoms with Crippen LogP contribution in [0.4, 0.5) is 5.69 Å². The molecule has 2 heterocycles. The zero-order valence-corrected chi connectivity index (χ0v) is 18.3. The number of hydrogen-bond acceptors (Lipinski definition) is 4. The molecule has 1 atom stereocenters. The summed E-state index contributed by atoms with van der Waals surface area (Å²) in [4.78, 5) is 23.0. The second-order valence-corrected chi connectivity index (χ2v) is 8.14. The maximum atomic E-state index is 12.0. The van der Waals surface area contributed by atoms with Crippen LogP contribution in [-0.2, 0) is 9.53 Å². The maximum absolute atomic E-state index is 12.0. The number of benzene rings is 1. The van der Waals surface area contributed by atoms with Crippen molar-refractivity contribution >= 4 is 17.6 Å². The predicted octanol–water partition coefficient (Wildman–Crippen LogP) is 1.64. The number of likely N-dealkylation sites (N-methyl/N-ethyl adjacent to an activating group) is 1. The molecule has 1 aromatic carbocycles. The Morgan fingerprint density at radius 2 is 2.00 bits per heavy atom. The fourth-order valence-electron chi connectivity index (χ4n) is 3.80. The number of aryl methyl sites for hydroxylation is 1. The van der Waals surface area contributed by atoms with Gasteiger partial charge in [-0.3, -0.25) is 4.79 Å². The minimum atomic E-state index is 0.00966. The third-order valence-electron chi connectivity index (χ3n) is 5.87. The molecule has 0 bridgehead atoms. The summed E-state index contributed by atoms with van der Waals surface area (Å²) >= 11 is 0. The molecule has 0 aromatic heterocycles. The summed E-state index contributed by atoms with van der Waals surface area (Å²) in [5.74, 6) is 0.826. The number of carbonyl (C=O) groups excluding carboxylic acids is 1. The molecule has 0 radical (unpaired) electrons. The molecule has 2 aliphatic rings. The second kappa shape index (κ2) is 9.96. The van der Waals surface area contributed by atoms with Gasteiger partial charge in [-0.1, -0.05) is 12.1 Å². The summed E-state index contributed by atoms with van der Waals surface area (Å²) < 4.78 is 5.73. The number of amides is 1. The first kappa shape index (κ1) is 21.4. The van der Waals surface area contributed by atoms with Crippen molar-refractivity contribution in [1.29, 1.82) is 0 Å². The van der Waals surface area contributed by atoms with Crippen LogP contribution < -0.4 is 10.2 Å². The van der Waals surface area contributed by atoms with Gasteiger partial charge in [0.25, 0.3) is 0 Å². The van der Waals surface area contributed by atoms with Gasteiger partial charge in [-0.05, 0) is 43.9 Å². The Morgan fingerprint density at radius 1 is 1.24 bits per heavy atom. The molecular weight excluding hydrogens is 366 g/mol. The van der Waals surface area contributed by atoms with E-state index in [9.17, 15) is 4.79 Å². The van der Waals surface area contributed by atoms with Crippen molar-refractivity contribution in [2.45, 2.75) is 32.8 Å². The van der Waals surface area contributed by atoms with Gasteiger partial charge in [0.2, 0.25) is 5.91 Å². The van der Waals surface area contributed by atoms with Gasteiger partial charge in [-0.15, -0.1) is 0 Å². The molecule has 1 N–H and O–H groups in total. The van der Waals surface area contributed by atoms with Crippen LogP contribution in [0.25, 0.3) is 0 Å². The first-order valence-electron chi connectivity index (χ1n) is 10.6. The van der Waals surface area contributed by atoms with Crippen LogP contribution in [0.15, 0.2) is 23.2 Å². The molecule has 0 aliphatic carbocycles. The van der Waals surface area contributed by atoms with Gasteiger partial charge in [0, 0.05) is 59.1 Å². The number of nitrogens with zero attached hydrogens (tertiary/aromatic N) is 4. The average molecular weight is 402 g/mol. The summed E-state index contributed by atoms with van der Waals surface area (Å²) in [5, 5.41) is 3.46. The molecule has 2 aliphatic heterocycles.